The Morgan fingerprint density at radius 2 is 1.57 bits per heavy atom. The number of nitrogens with zero attached hydrogens (tertiary/aromatic N) is 1. The molecule has 0 saturated carbocycles. The maximum absolute atomic E-state index is 12.6. The van der Waals surface area contributed by atoms with Crippen LogP contribution in [0.15, 0.2) is 48.5 Å². The molecule has 1 N–H and O–H groups in total. The van der Waals surface area contributed by atoms with Crippen LogP contribution < -0.4 is 14.4 Å². The van der Waals surface area contributed by atoms with Gasteiger partial charge in [-0.25, -0.2) is 4.79 Å². The molecule has 1 atom stereocenters. The highest BCUT2D eigenvalue weighted by molar-refractivity contribution is 7.80. The SMILES string of the molecule is COC(=O)C1(N(c2ccc(-c3ccc(OC)cc3)cc2)S(=O)[O-])CCNCC1. The Hall–Kier alpha value is -2.42. The second-order valence-corrected chi connectivity index (χ2v) is 7.36. The molecule has 3 rings (SSSR count). The minimum absolute atomic E-state index is 0.341. The monoisotopic (exact) mass is 403 g/mol. The normalized spacial score (nSPS) is 16.8. The number of benzene rings is 2. The Bertz CT molecular complexity index is 833. The number of hydrogen-bond donors (Lipinski definition) is 1. The Morgan fingerprint density at radius 3 is 2.04 bits per heavy atom. The van der Waals surface area contributed by atoms with Crippen LogP contribution in [0.3, 0.4) is 0 Å². The molecule has 1 fully saturated rings. The van der Waals surface area contributed by atoms with E-state index in [0.29, 0.717) is 31.6 Å². The molecule has 1 aliphatic rings. The molecule has 7 nitrogen and oxygen atoms in total. The van der Waals surface area contributed by atoms with Gasteiger partial charge in [0, 0.05) is 17.0 Å². The number of rotatable bonds is 6. The third-order valence-electron chi connectivity index (χ3n) is 5.06. The third-order valence-corrected chi connectivity index (χ3v) is 5.92. The quantitative estimate of drug-likeness (QED) is 0.588. The number of anilines is 1. The third kappa shape index (κ3) is 3.89. The molecule has 0 radical (unpaired) electrons. The molecule has 2 aromatic rings. The second kappa shape index (κ2) is 8.72. The summed E-state index contributed by atoms with van der Waals surface area (Å²) in [6, 6.07) is 14.7. The lowest BCUT2D eigenvalue weighted by atomic mass is 9.87. The lowest BCUT2D eigenvalue weighted by Gasteiger charge is -2.45. The first-order valence-corrected chi connectivity index (χ1v) is 9.98. The van der Waals surface area contributed by atoms with Gasteiger partial charge in [-0.3, -0.25) is 8.51 Å². The summed E-state index contributed by atoms with van der Waals surface area (Å²) in [5.41, 5.74) is 1.10. The highest BCUT2D eigenvalue weighted by atomic mass is 32.2. The van der Waals surface area contributed by atoms with Crippen LogP contribution >= 0.6 is 0 Å². The lowest BCUT2D eigenvalue weighted by molar-refractivity contribution is -0.147. The number of carbonyl (C=O) groups excluding carboxylic acids is 1. The van der Waals surface area contributed by atoms with Gasteiger partial charge in [-0.1, -0.05) is 24.3 Å². The summed E-state index contributed by atoms with van der Waals surface area (Å²) in [6.07, 6.45) is 0.682. The fourth-order valence-corrected chi connectivity index (χ4v) is 4.41. The van der Waals surface area contributed by atoms with Crippen molar-refractivity contribution in [2.75, 3.05) is 31.6 Å². The molecule has 1 aliphatic heterocycles. The van der Waals surface area contributed by atoms with Crippen LogP contribution in [-0.2, 0) is 20.8 Å². The van der Waals surface area contributed by atoms with E-state index >= 15 is 0 Å². The minimum atomic E-state index is -2.63. The summed E-state index contributed by atoms with van der Waals surface area (Å²) in [5.74, 6) is 0.219. The molecular formula is C20H23N2O5S-. The van der Waals surface area contributed by atoms with E-state index in [9.17, 15) is 13.6 Å². The molecule has 1 unspecified atom stereocenters. The molecule has 150 valence electrons. The highest BCUT2D eigenvalue weighted by Gasteiger charge is 2.47. The maximum atomic E-state index is 12.6. The molecule has 0 amide bonds. The van der Waals surface area contributed by atoms with Crippen LogP contribution in [0.5, 0.6) is 5.75 Å². The van der Waals surface area contributed by atoms with E-state index in [2.05, 4.69) is 5.32 Å². The van der Waals surface area contributed by atoms with Crippen LogP contribution in [0.25, 0.3) is 11.1 Å². The van der Waals surface area contributed by atoms with E-state index < -0.39 is 22.8 Å². The summed E-state index contributed by atoms with van der Waals surface area (Å²) in [7, 11) is 2.89. The first kappa shape index (κ1) is 20.3. The molecule has 8 heteroatoms. The Morgan fingerprint density at radius 1 is 1.04 bits per heavy atom. The molecule has 0 bridgehead atoms. The lowest BCUT2D eigenvalue weighted by Crippen LogP contribution is -2.60. The van der Waals surface area contributed by atoms with Crippen molar-refractivity contribution < 1.29 is 23.0 Å². The van der Waals surface area contributed by atoms with Crippen molar-refractivity contribution in [3.8, 4) is 16.9 Å². The molecule has 0 aliphatic carbocycles. The van der Waals surface area contributed by atoms with Crippen molar-refractivity contribution in [2.45, 2.75) is 18.4 Å². The van der Waals surface area contributed by atoms with Gasteiger partial charge in [0.1, 0.15) is 5.75 Å². The zero-order valence-electron chi connectivity index (χ0n) is 15.8. The van der Waals surface area contributed by atoms with Crippen LogP contribution in [0.4, 0.5) is 5.69 Å². The second-order valence-electron chi connectivity index (χ2n) is 6.56. The number of hydrogen-bond acceptors (Lipinski definition) is 6. The fourth-order valence-electron chi connectivity index (χ4n) is 3.57. The predicted molar refractivity (Wildman–Crippen MR) is 107 cm³/mol. The molecule has 0 aromatic heterocycles. The van der Waals surface area contributed by atoms with E-state index in [0.717, 1.165) is 21.2 Å². The molecule has 1 heterocycles. The predicted octanol–water partition coefficient (Wildman–Crippen LogP) is 2.26. The molecule has 28 heavy (non-hydrogen) atoms. The maximum Gasteiger partial charge on any atom is 0.332 e. The van der Waals surface area contributed by atoms with Gasteiger partial charge in [0.2, 0.25) is 0 Å². The van der Waals surface area contributed by atoms with E-state index in [1.54, 1.807) is 19.2 Å². The number of nitrogens with one attached hydrogen (secondary N) is 1. The van der Waals surface area contributed by atoms with Crippen molar-refractivity contribution in [1.82, 2.24) is 5.32 Å². The van der Waals surface area contributed by atoms with Crippen molar-refractivity contribution in [2.24, 2.45) is 0 Å². The average Bonchev–Trinajstić information content (AvgIpc) is 2.74. The molecule has 2 aromatic carbocycles. The van der Waals surface area contributed by atoms with Crippen LogP contribution in [0.1, 0.15) is 12.8 Å². The summed E-state index contributed by atoms with van der Waals surface area (Å²) in [5, 5.41) is 3.16. The van der Waals surface area contributed by atoms with E-state index in [1.165, 1.54) is 7.11 Å². The fraction of sp³-hybridized carbons (Fsp3) is 0.350. The smallest absolute Gasteiger partial charge is 0.332 e. The standard InChI is InChI=1S/C20H24N2O5S/c1-26-18-9-5-16(6-10-18)15-3-7-17(8-4-15)22(28(24)25)20(19(23)27-2)11-13-21-14-12-20/h3-10,21H,11-14H2,1-2H3,(H,24,25)/p-1. The van der Waals surface area contributed by atoms with Gasteiger partial charge in [0.15, 0.2) is 5.54 Å². The number of methoxy groups -OCH3 is 2. The van der Waals surface area contributed by atoms with Crippen molar-refractivity contribution >= 4 is 22.9 Å². The van der Waals surface area contributed by atoms with E-state index in [4.69, 9.17) is 9.47 Å². The van der Waals surface area contributed by atoms with Crippen molar-refractivity contribution in [3.05, 3.63) is 48.5 Å². The largest absolute Gasteiger partial charge is 0.755 e. The molecule has 0 spiro atoms. The van der Waals surface area contributed by atoms with Gasteiger partial charge < -0.3 is 19.3 Å². The Kier molecular flexibility index (Phi) is 6.33. The van der Waals surface area contributed by atoms with Crippen molar-refractivity contribution in [3.63, 3.8) is 0 Å². The van der Waals surface area contributed by atoms with Gasteiger partial charge in [0.25, 0.3) is 0 Å². The van der Waals surface area contributed by atoms with E-state index in [-0.39, 0.29) is 0 Å². The van der Waals surface area contributed by atoms with Gasteiger partial charge in [0.05, 0.1) is 14.2 Å². The van der Waals surface area contributed by atoms with E-state index in [1.807, 2.05) is 36.4 Å². The number of carbonyl (C=O) groups is 1. The zero-order chi connectivity index (χ0) is 20.1. The number of piperidine rings is 1. The topological polar surface area (TPSA) is 90.9 Å². The summed E-state index contributed by atoms with van der Waals surface area (Å²) in [4.78, 5) is 12.6. The number of ether oxygens (including phenoxy) is 2. The van der Waals surface area contributed by atoms with Crippen LogP contribution in [0.2, 0.25) is 0 Å². The average molecular weight is 403 g/mol. The van der Waals surface area contributed by atoms with Gasteiger partial charge in [-0.15, -0.1) is 0 Å². The first-order chi connectivity index (χ1) is 13.5. The van der Waals surface area contributed by atoms with Crippen LogP contribution in [-0.4, -0.2) is 47.6 Å². The van der Waals surface area contributed by atoms with Crippen molar-refractivity contribution in [1.29, 1.82) is 0 Å². The van der Waals surface area contributed by atoms with Crippen LogP contribution in [0, 0.1) is 0 Å². The highest BCUT2D eigenvalue weighted by Crippen LogP contribution is 2.35. The molecule has 1 saturated heterocycles. The first-order valence-electron chi connectivity index (χ1n) is 8.95. The Labute approximate surface area is 167 Å². The molecular weight excluding hydrogens is 380 g/mol. The zero-order valence-corrected chi connectivity index (χ0v) is 16.7. The summed E-state index contributed by atoms with van der Waals surface area (Å²) < 4.78 is 35.6. The van der Waals surface area contributed by atoms with Gasteiger partial charge in [-0.2, -0.15) is 0 Å². The minimum Gasteiger partial charge on any atom is -0.755 e. The summed E-state index contributed by atoms with van der Waals surface area (Å²) >= 11 is -2.63. The number of esters is 1. The van der Waals surface area contributed by atoms with Gasteiger partial charge in [-0.05, 0) is 61.3 Å². The summed E-state index contributed by atoms with van der Waals surface area (Å²) in [6.45, 7) is 1.07. The Balaban J connectivity index is 1.95. The van der Waals surface area contributed by atoms with Gasteiger partial charge >= 0.3 is 5.97 Å².